The van der Waals surface area contributed by atoms with Gasteiger partial charge in [0.25, 0.3) is 0 Å². The lowest BCUT2D eigenvalue weighted by molar-refractivity contribution is -0.135. The SMILES string of the molecule is Cc1cc(C)c(S(=O)(=O)NCCC(=O)N2CCCCC2C(C)N)c(C)c1. The van der Waals surface area contributed by atoms with Gasteiger partial charge in [-0.3, -0.25) is 4.79 Å². The third-order valence-corrected chi connectivity index (χ3v) is 6.75. The molecule has 2 rings (SSSR count). The van der Waals surface area contributed by atoms with Crippen molar-refractivity contribution in [1.82, 2.24) is 9.62 Å². The number of benzene rings is 1. The van der Waals surface area contributed by atoms with E-state index >= 15 is 0 Å². The van der Waals surface area contributed by atoms with Crippen molar-refractivity contribution in [3.8, 4) is 0 Å². The number of piperidine rings is 1. The van der Waals surface area contributed by atoms with Gasteiger partial charge < -0.3 is 10.6 Å². The molecule has 2 unspecified atom stereocenters. The summed E-state index contributed by atoms with van der Waals surface area (Å²) >= 11 is 0. The average molecular weight is 382 g/mol. The highest BCUT2D eigenvalue weighted by Gasteiger charge is 2.29. The molecule has 0 saturated carbocycles. The molecule has 146 valence electrons. The van der Waals surface area contributed by atoms with Gasteiger partial charge in [-0.1, -0.05) is 17.7 Å². The Morgan fingerprint density at radius 2 is 1.88 bits per heavy atom. The molecule has 1 fully saturated rings. The van der Waals surface area contributed by atoms with E-state index in [0.29, 0.717) is 11.4 Å². The highest BCUT2D eigenvalue weighted by Crippen LogP contribution is 2.22. The lowest BCUT2D eigenvalue weighted by Crippen LogP contribution is -2.52. The van der Waals surface area contributed by atoms with Gasteiger partial charge in [-0.25, -0.2) is 13.1 Å². The molecular formula is C19H31N3O3S. The van der Waals surface area contributed by atoms with E-state index in [0.717, 1.165) is 36.0 Å². The summed E-state index contributed by atoms with van der Waals surface area (Å²) in [6.45, 7) is 8.24. The van der Waals surface area contributed by atoms with Crippen molar-refractivity contribution in [3.63, 3.8) is 0 Å². The van der Waals surface area contributed by atoms with Crippen LogP contribution in [0.2, 0.25) is 0 Å². The van der Waals surface area contributed by atoms with E-state index in [2.05, 4.69) is 4.72 Å². The molecule has 1 amide bonds. The highest BCUT2D eigenvalue weighted by atomic mass is 32.2. The Hall–Kier alpha value is -1.44. The number of carbonyl (C=O) groups excluding carboxylic acids is 1. The molecule has 2 atom stereocenters. The minimum Gasteiger partial charge on any atom is -0.338 e. The number of nitrogens with one attached hydrogen (secondary N) is 1. The van der Waals surface area contributed by atoms with E-state index in [1.165, 1.54) is 0 Å². The fourth-order valence-electron chi connectivity index (χ4n) is 3.91. The second-order valence-electron chi connectivity index (χ2n) is 7.38. The molecule has 3 N–H and O–H groups in total. The largest absolute Gasteiger partial charge is 0.338 e. The fourth-order valence-corrected chi connectivity index (χ4v) is 5.39. The van der Waals surface area contributed by atoms with Crippen molar-refractivity contribution in [1.29, 1.82) is 0 Å². The van der Waals surface area contributed by atoms with Crippen molar-refractivity contribution in [2.24, 2.45) is 5.73 Å². The maximum atomic E-state index is 12.7. The number of amides is 1. The van der Waals surface area contributed by atoms with Crippen LogP contribution in [-0.4, -0.2) is 44.4 Å². The first-order chi connectivity index (χ1) is 12.1. The van der Waals surface area contributed by atoms with Gasteiger partial charge in [0.05, 0.1) is 4.90 Å². The first-order valence-corrected chi connectivity index (χ1v) is 10.7. The van der Waals surface area contributed by atoms with Gasteiger partial charge in [0.2, 0.25) is 15.9 Å². The Bertz CT molecular complexity index is 736. The number of nitrogens with two attached hydrogens (primary N) is 1. The fraction of sp³-hybridized carbons (Fsp3) is 0.632. The molecule has 7 heteroatoms. The summed E-state index contributed by atoms with van der Waals surface area (Å²) in [6.07, 6.45) is 3.11. The number of likely N-dealkylation sites (tertiary alicyclic amines) is 1. The van der Waals surface area contributed by atoms with Crippen molar-refractivity contribution >= 4 is 15.9 Å². The number of hydrogen-bond acceptors (Lipinski definition) is 4. The number of sulfonamides is 1. The van der Waals surface area contributed by atoms with Crippen LogP contribution in [0.3, 0.4) is 0 Å². The number of hydrogen-bond donors (Lipinski definition) is 2. The number of carbonyl (C=O) groups is 1. The number of nitrogens with zero attached hydrogens (tertiary/aromatic N) is 1. The molecule has 26 heavy (non-hydrogen) atoms. The molecule has 1 aromatic rings. The summed E-state index contributed by atoms with van der Waals surface area (Å²) in [6, 6.07) is 3.68. The Labute approximate surface area is 157 Å². The van der Waals surface area contributed by atoms with Gasteiger partial charge in [-0.15, -0.1) is 0 Å². The molecule has 1 heterocycles. The summed E-state index contributed by atoms with van der Waals surface area (Å²) in [5.74, 6) is -0.0351. The van der Waals surface area contributed by atoms with Gasteiger partial charge in [0.1, 0.15) is 0 Å². The Morgan fingerprint density at radius 3 is 2.46 bits per heavy atom. The first kappa shape index (κ1) is 20.9. The van der Waals surface area contributed by atoms with Crippen LogP contribution < -0.4 is 10.5 Å². The van der Waals surface area contributed by atoms with Crippen molar-refractivity contribution in [2.75, 3.05) is 13.1 Å². The molecule has 1 aromatic carbocycles. The predicted octanol–water partition coefficient (Wildman–Crippen LogP) is 2.01. The minimum absolute atomic E-state index is 0.0351. The van der Waals surface area contributed by atoms with E-state index in [1.54, 1.807) is 13.8 Å². The van der Waals surface area contributed by atoms with E-state index < -0.39 is 10.0 Å². The Kier molecular flexibility index (Phi) is 6.82. The molecular weight excluding hydrogens is 350 g/mol. The standard InChI is InChI=1S/C19H31N3O3S/c1-13-11-14(2)19(15(3)12-13)26(24,25)21-9-8-18(23)22-10-6-5-7-17(22)16(4)20/h11-12,16-17,21H,5-10,20H2,1-4H3. The molecule has 6 nitrogen and oxygen atoms in total. The maximum Gasteiger partial charge on any atom is 0.241 e. The van der Waals surface area contributed by atoms with Gasteiger partial charge in [0, 0.05) is 31.6 Å². The number of rotatable bonds is 6. The van der Waals surface area contributed by atoms with Gasteiger partial charge in [0.15, 0.2) is 0 Å². The van der Waals surface area contributed by atoms with E-state index in [-0.39, 0.29) is 31.0 Å². The molecule has 0 aliphatic carbocycles. The normalized spacial score (nSPS) is 19.4. The average Bonchev–Trinajstić information content (AvgIpc) is 2.53. The van der Waals surface area contributed by atoms with Crippen LogP contribution in [0.4, 0.5) is 0 Å². The van der Waals surface area contributed by atoms with Crippen LogP contribution in [0.5, 0.6) is 0 Å². The minimum atomic E-state index is -3.64. The summed E-state index contributed by atoms with van der Waals surface area (Å²) < 4.78 is 27.9. The van der Waals surface area contributed by atoms with Crippen LogP contribution in [0.25, 0.3) is 0 Å². The smallest absolute Gasteiger partial charge is 0.241 e. The van der Waals surface area contributed by atoms with Crippen LogP contribution in [0.15, 0.2) is 17.0 Å². The lowest BCUT2D eigenvalue weighted by atomic mass is 9.96. The van der Waals surface area contributed by atoms with Crippen LogP contribution in [0, 0.1) is 20.8 Å². The third-order valence-electron chi connectivity index (χ3n) is 4.98. The zero-order chi connectivity index (χ0) is 19.5. The van der Waals surface area contributed by atoms with Crippen molar-refractivity contribution in [3.05, 3.63) is 28.8 Å². The Balaban J connectivity index is 2.01. The summed E-state index contributed by atoms with van der Waals surface area (Å²) in [4.78, 5) is 14.7. The third kappa shape index (κ3) is 4.84. The molecule has 0 bridgehead atoms. The van der Waals surface area contributed by atoms with Crippen LogP contribution in [0.1, 0.15) is 49.3 Å². The van der Waals surface area contributed by atoms with Crippen LogP contribution >= 0.6 is 0 Å². The van der Waals surface area contributed by atoms with Gasteiger partial charge in [-0.2, -0.15) is 0 Å². The predicted molar refractivity (Wildman–Crippen MR) is 103 cm³/mol. The molecule has 1 saturated heterocycles. The molecule has 0 aromatic heterocycles. The molecule has 1 aliphatic heterocycles. The highest BCUT2D eigenvalue weighted by molar-refractivity contribution is 7.89. The van der Waals surface area contributed by atoms with Crippen molar-refractivity contribution < 1.29 is 13.2 Å². The first-order valence-electron chi connectivity index (χ1n) is 9.26. The zero-order valence-electron chi connectivity index (χ0n) is 16.2. The summed E-state index contributed by atoms with van der Waals surface area (Å²) in [7, 11) is -3.64. The van der Waals surface area contributed by atoms with Crippen LogP contribution in [-0.2, 0) is 14.8 Å². The van der Waals surface area contributed by atoms with Crippen molar-refractivity contribution in [2.45, 2.75) is 70.4 Å². The maximum absolute atomic E-state index is 12.7. The van der Waals surface area contributed by atoms with E-state index in [4.69, 9.17) is 5.73 Å². The zero-order valence-corrected chi connectivity index (χ0v) is 17.0. The summed E-state index contributed by atoms with van der Waals surface area (Å²) in [5.41, 5.74) is 8.47. The van der Waals surface area contributed by atoms with E-state index in [1.807, 2.05) is 30.9 Å². The second-order valence-corrected chi connectivity index (χ2v) is 9.09. The van der Waals surface area contributed by atoms with E-state index in [9.17, 15) is 13.2 Å². The molecule has 1 aliphatic rings. The number of aryl methyl sites for hydroxylation is 3. The topological polar surface area (TPSA) is 92.5 Å². The summed E-state index contributed by atoms with van der Waals surface area (Å²) in [5, 5.41) is 0. The molecule has 0 spiro atoms. The lowest BCUT2D eigenvalue weighted by Gasteiger charge is -2.38. The monoisotopic (exact) mass is 381 g/mol. The quantitative estimate of drug-likeness (QED) is 0.788. The molecule has 0 radical (unpaired) electrons. The second kappa shape index (κ2) is 8.50. The Morgan fingerprint density at radius 1 is 1.27 bits per heavy atom. The van der Waals surface area contributed by atoms with Gasteiger partial charge in [-0.05, 0) is 58.1 Å². The van der Waals surface area contributed by atoms with Gasteiger partial charge >= 0.3 is 0 Å².